The number of nitrogens with one attached hydrogen (secondary N) is 1. The number of hydrogen-bond acceptors (Lipinski definition) is 1. The van der Waals surface area contributed by atoms with Crippen molar-refractivity contribution in [3.63, 3.8) is 0 Å². The SMILES string of the molecule is O=C(NC1CCCCCC1Br)c1ccc(Br)cc1F. The van der Waals surface area contributed by atoms with E-state index in [-0.39, 0.29) is 22.3 Å². The smallest absolute Gasteiger partial charge is 0.254 e. The molecule has 1 aliphatic carbocycles. The lowest BCUT2D eigenvalue weighted by atomic mass is 10.1. The van der Waals surface area contributed by atoms with Crippen LogP contribution in [0.15, 0.2) is 22.7 Å². The molecule has 2 nitrogen and oxygen atoms in total. The van der Waals surface area contributed by atoms with Gasteiger partial charge in [-0.25, -0.2) is 4.39 Å². The molecular formula is C14H16Br2FNO. The Labute approximate surface area is 129 Å². The lowest BCUT2D eigenvalue weighted by Gasteiger charge is -2.21. The normalized spacial score (nSPS) is 23.7. The fourth-order valence-corrected chi connectivity index (χ4v) is 3.40. The summed E-state index contributed by atoms with van der Waals surface area (Å²) in [5.41, 5.74) is 0.104. The van der Waals surface area contributed by atoms with Crippen LogP contribution >= 0.6 is 31.9 Å². The average Bonchev–Trinajstić information content (AvgIpc) is 2.55. The predicted molar refractivity (Wildman–Crippen MR) is 81.2 cm³/mol. The molecule has 1 saturated carbocycles. The minimum absolute atomic E-state index is 0.0815. The summed E-state index contributed by atoms with van der Waals surface area (Å²) in [4.78, 5) is 12.4. The van der Waals surface area contributed by atoms with Gasteiger partial charge in [0.25, 0.3) is 5.91 Å². The molecule has 2 rings (SSSR count). The van der Waals surface area contributed by atoms with Crippen LogP contribution in [-0.2, 0) is 0 Å². The second-order valence-electron chi connectivity index (χ2n) is 4.86. The predicted octanol–water partition coefficient (Wildman–Crippen LogP) is 4.41. The Morgan fingerprint density at radius 1 is 1.26 bits per heavy atom. The Morgan fingerprint density at radius 3 is 2.74 bits per heavy atom. The molecule has 0 aromatic heterocycles. The highest BCUT2D eigenvalue weighted by Gasteiger charge is 2.24. The van der Waals surface area contributed by atoms with Gasteiger partial charge in [0, 0.05) is 15.3 Å². The van der Waals surface area contributed by atoms with Gasteiger partial charge in [-0.05, 0) is 31.0 Å². The first kappa shape index (κ1) is 15.0. The summed E-state index contributed by atoms with van der Waals surface area (Å²) >= 11 is 6.80. The number of carbonyl (C=O) groups excluding carboxylic acids is 1. The third kappa shape index (κ3) is 4.02. The highest BCUT2D eigenvalue weighted by atomic mass is 79.9. The molecule has 2 atom stereocenters. The number of hydrogen-bond donors (Lipinski definition) is 1. The third-order valence-corrected chi connectivity index (χ3v) is 5.01. The van der Waals surface area contributed by atoms with Crippen molar-refractivity contribution in [1.29, 1.82) is 0 Å². The molecule has 1 aliphatic rings. The maximum absolute atomic E-state index is 13.7. The van der Waals surface area contributed by atoms with Gasteiger partial charge < -0.3 is 5.32 Å². The molecule has 1 fully saturated rings. The minimum atomic E-state index is -0.494. The molecule has 1 amide bonds. The van der Waals surface area contributed by atoms with Crippen molar-refractivity contribution in [3.8, 4) is 0 Å². The molecule has 0 aliphatic heterocycles. The van der Waals surface area contributed by atoms with Crippen molar-refractivity contribution in [2.45, 2.75) is 43.0 Å². The van der Waals surface area contributed by atoms with Crippen LogP contribution in [0, 0.1) is 5.82 Å². The van der Waals surface area contributed by atoms with Crippen LogP contribution in [0.3, 0.4) is 0 Å². The van der Waals surface area contributed by atoms with E-state index in [2.05, 4.69) is 37.2 Å². The monoisotopic (exact) mass is 391 g/mol. The van der Waals surface area contributed by atoms with Gasteiger partial charge in [0.2, 0.25) is 0 Å². The van der Waals surface area contributed by atoms with Gasteiger partial charge in [-0.1, -0.05) is 51.1 Å². The second kappa shape index (κ2) is 6.84. The molecule has 0 heterocycles. The van der Waals surface area contributed by atoms with E-state index in [9.17, 15) is 9.18 Å². The maximum atomic E-state index is 13.7. The largest absolute Gasteiger partial charge is 0.348 e. The molecule has 0 bridgehead atoms. The van der Waals surface area contributed by atoms with Gasteiger partial charge >= 0.3 is 0 Å². The first-order chi connectivity index (χ1) is 9.08. The van der Waals surface area contributed by atoms with Gasteiger partial charge in [0.15, 0.2) is 0 Å². The first-order valence-corrected chi connectivity index (χ1v) is 8.19. The van der Waals surface area contributed by atoms with Crippen molar-refractivity contribution in [1.82, 2.24) is 5.32 Å². The van der Waals surface area contributed by atoms with Crippen LogP contribution in [0.5, 0.6) is 0 Å². The molecule has 1 aromatic rings. The zero-order chi connectivity index (χ0) is 13.8. The van der Waals surface area contributed by atoms with E-state index < -0.39 is 5.82 Å². The Bertz CT molecular complexity index is 467. The van der Waals surface area contributed by atoms with Crippen molar-refractivity contribution >= 4 is 37.8 Å². The quantitative estimate of drug-likeness (QED) is 0.586. The van der Waals surface area contributed by atoms with E-state index >= 15 is 0 Å². The van der Waals surface area contributed by atoms with Crippen LogP contribution in [0.1, 0.15) is 42.5 Å². The van der Waals surface area contributed by atoms with Gasteiger partial charge in [-0.2, -0.15) is 0 Å². The number of benzene rings is 1. The number of halogens is 3. The van der Waals surface area contributed by atoms with Crippen LogP contribution in [0.4, 0.5) is 4.39 Å². The zero-order valence-electron chi connectivity index (χ0n) is 10.5. The zero-order valence-corrected chi connectivity index (χ0v) is 13.6. The highest BCUT2D eigenvalue weighted by molar-refractivity contribution is 9.10. The summed E-state index contributed by atoms with van der Waals surface area (Å²) < 4.78 is 14.4. The topological polar surface area (TPSA) is 29.1 Å². The lowest BCUT2D eigenvalue weighted by molar-refractivity contribution is 0.0931. The third-order valence-electron chi connectivity index (χ3n) is 3.42. The summed E-state index contributed by atoms with van der Waals surface area (Å²) in [6.07, 6.45) is 5.47. The molecule has 5 heteroatoms. The van der Waals surface area contributed by atoms with Gasteiger partial charge in [0.1, 0.15) is 5.82 Å². The van der Waals surface area contributed by atoms with Gasteiger partial charge in [0.05, 0.1) is 5.56 Å². The minimum Gasteiger partial charge on any atom is -0.348 e. The van der Waals surface area contributed by atoms with E-state index in [0.29, 0.717) is 4.47 Å². The van der Waals surface area contributed by atoms with E-state index in [4.69, 9.17) is 0 Å². The summed E-state index contributed by atoms with van der Waals surface area (Å²) in [6.45, 7) is 0. The van der Waals surface area contributed by atoms with Crippen molar-refractivity contribution in [2.75, 3.05) is 0 Å². The number of carbonyl (C=O) groups is 1. The summed E-state index contributed by atoms with van der Waals surface area (Å²) in [7, 11) is 0. The number of amides is 1. The molecule has 104 valence electrons. The molecule has 0 saturated heterocycles. The van der Waals surface area contributed by atoms with Gasteiger partial charge in [-0.3, -0.25) is 4.79 Å². The van der Waals surface area contributed by atoms with Crippen LogP contribution in [-0.4, -0.2) is 16.8 Å². The molecule has 0 spiro atoms. The van der Waals surface area contributed by atoms with E-state index in [1.807, 2.05) is 0 Å². The Balaban J connectivity index is 2.07. The summed E-state index contributed by atoms with van der Waals surface area (Å²) in [5.74, 6) is -0.826. The fourth-order valence-electron chi connectivity index (χ4n) is 2.34. The Kier molecular flexibility index (Phi) is 5.39. The van der Waals surface area contributed by atoms with E-state index in [1.165, 1.54) is 25.0 Å². The van der Waals surface area contributed by atoms with Crippen molar-refractivity contribution in [3.05, 3.63) is 34.1 Å². The Hall–Kier alpha value is -0.420. The van der Waals surface area contributed by atoms with Crippen molar-refractivity contribution < 1.29 is 9.18 Å². The molecular weight excluding hydrogens is 377 g/mol. The van der Waals surface area contributed by atoms with E-state index in [0.717, 1.165) is 19.3 Å². The fraction of sp³-hybridized carbons (Fsp3) is 0.500. The Morgan fingerprint density at radius 2 is 2.00 bits per heavy atom. The van der Waals surface area contributed by atoms with Crippen LogP contribution < -0.4 is 5.32 Å². The first-order valence-electron chi connectivity index (χ1n) is 6.48. The number of rotatable bonds is 2. The average molecular weight is 393 g/mol. The molecule has 1 aromatic carbocycles. The highest BCUT2D eigenvalue weighted by Crippen LogP contribution is 2.24. The van der Waals surface area contributed by atoms with Crippen LogP contribution in [0.2, 0.25) is 0 Å². The summed E-state index contributed by atoms with van der Waals surface area (Å²) in [5, 5.41) is 2.94. The number of alkyl halides is 1. The molecule has 0 radical (unpaired) electrons. The van der Waals surface area contributed by atoms with Crippen molar-refractivity contribution in [2.24, 2.45) is 0 Å². The maximum Gasteiger partial charge on any atom is 0.254 e. The molecule has 2 unspecified atom stereocenters. The lowest BCUT2D eigenvalue weighted by Crippen LogP contribution is -2.40. The van der Waals surface area contributed by atoms with Crippen LogP contribution in [0.25, 0.3) is 0 Å². The summed E-state index contributed by atoms with van der Waals surface area (Å²) in [6, 6.07) is 4.58. The standard InChI is InChI=1S/C14H16Br2FNO/c15-9-6-7-10(12(17)8-9)14(19)18-13-5-3-1-2-4-11(13)16/h6-8,11,13H,1-5H2,(H,18,19). The molecule has 19 heavy (non-hydrogen) atoms. The van der Waals surface area contributed by atoms with Gasteiger partial charge in [-0.15, -0.1) is 0 Å². The second-order valence-corrected chi connectivity index (χ2v) is 6.95. The van der Waals surface area contributed by atoms with E-state index in [1.54, 1.807) is 6.07 Å². The molecule has 1 N–H and O–H groups in total.